The van der Waals surface area contributed by atoms with E-state index in [2.05, 4.69) is 0 Å². The Morgan fingerprint density at radius 2 is 0.616 bits per heavy atom. The van der Waals surface area contributed by atoms with Gasteiger partial charge in [0.25, 0.3) is 0 Å². The van der Waals surface area contributed by atoms with Crippen LogP contribution in [0.1, 0.15) is 150 Å². The van der Waals surface area contributed by atoms with Crippen molar-refractivity contribution in [2.24, 2.45) is 0 Å². The smallest absolute Gasteiger partial charge is 0.317 e. The summed E-state index contributed by atoms with van der Waals surface area (Å²) in [5.41, 5.74) is -1.92. The number of carbonyl (C=O) groups is 8. The van der Waals surface area contributed by atoms with E-state index in [0.717, 1.165) is 22.3 Å². The van der Waals surface area contributed by atoms with E-state index in [4.69, 9.17) is 19.7 Å². The Labute approximate surface area is 425 Å². The van der Waals surface area contributed by atoms with Crippen LogP contribution in [-0.2, 0) is 28.7 Å². The van der Waals surface area contributed by atoms with Gasteiger partial charge in [-0.25, -0.2) is 0 Å². The monoisotopic (exact) mass is 1010 g/mol. The van der Waals surface area contributed by atoms with Crippen molar-refractivity contribution in [3.63, 3.8) is 0 Å². The highest BCUT2D eigenvalue weighted by Crippen LogP contribution is 2.31. The largest absolute Gasteiger partial charge is 0.481 e. The number of ketones is 4. The van der Waals surface area contributed by atoms with Crippen LogP contribution in [0.2, 0.25) is 0 Å². The molecule has 18 heteroatoms. The van der Waals surface area contributed by atoms with Crippen LogP contribution in [0.4, 0.5) is 0 Å². The molecule has 0 saturated carbocycles. The fourth-order valence-corrected chi connectivity index (χ4v) is 7.38. The molecule has 73 heavy (non-hydrogen) atoms. The molecule has 0 aliphatic rings. The molecule has 0 amide bonds. The molecule has 0 bridgehead atoms. The van der Waals surface area contributed by atoms with Crippen molar-refractivity contribution in [2.75, 3.05) is 40.4 Å². The first-order valence-corrected chi connectivity index (χ1v) is 23.4. The fourth-order valence-electron chi connectivity index (χ4n) is 7.38. The Bertz CT molecular complexity index is 2240. The van der Waals surface area contributed by atoms with Gasteiger partial charge in [-0.05, 0) is 91.7 Å². The van der Waals surface area contributed by atoms with E-state index in [0.29, 0.717) is 22.3 Å². The minimum absolute atomic E-state index is 0.0888. The second-order valence-corrected chi connectivity index (χ2v) is 19.7. The highest BCUT2D eigenvalue weighted by Gasteiger charge is 2.30. The molecule has 4 aromatic carbocycles. The van der Waals surface area contributed by atoms with Crippen molar-refractivity contribution in [2.45, 2.75) is 109 Å². The lowest BCUT2D eigenvalue weighted by molar-refractivity contribution is -0.155. The van der Waals surface area contributed by atoms with Gasteiger partial charge in [0.1, 0.15) is 42.0 Å². The number of benzene rings is 4. The summed E-state index contributed by atoms with van der Waals surface area (Å²) in [5, 5.41) is 56.8. The van der Waals surface area contributed by atoms with E-state index in [9.17, 15) is 58.8 Å². The minimum Gasteiger partial charge on any atom is -0.481 e. The summed E-state index contributed by atoms with van der Waals surface area (Å²) in [7, 11) is 3.60. The van der Waals surface area contributed by atoms with Crippen LogP contribution in [0.25, 0.3) is 0 Å². The van der Waals surface area contributed by atoms with Crippen molar-refractivity contribution in [3.8, 4) is 0 Å². The van der Waals surface area contributed by atoms with Crippen LogP contribution in [0, 0.1) is 0 Å². The summed E-state index contributed by atoms with van der Waals surface area (Å²) in [4.78, 5) is 99.6. The molecule has 6 N–H and O–H groups in total. The number of hydrogen-bond acceptors (Lipinski definition) is 16. The Morgan fingerprint density at radius 1 is 0.411 bits per heavy atom. The first-order valence-electron chi connectivity index (χ1n) is 23.4. The van der Waals surface area contributed by atoms with Gasteiger partial charge in [-0.1, -0.05) is 97.1 Å². The predicted octanol–water partition coefficient (Wildman–Crippen LogP) is 5.66. The Kier molecular flexibility index (Phi) is 21.3. The zero-order chi connectivity index (χ0) is 55.2. The quantitative estimate of drug-likeness (QED) is 0.0265. The lowest BCUT2D eigenvalue weighted by Crippen LogP contribution is -2.32. The van der Waals surface area contributed by atoms with E-state index < -0.39 is 87.9 Å². The van der Waals surface area contributed by atoms with Gasteiger partial charge < -0.3 is 40.1 Å². The van der Waals surface area contributed by atoms with Gasteiger partial charge >= 0.3 is 23.9 Å². The summed E-state index contributed by atoms with van der Waals surface area (Å²) >= 11 is 0. The minimum atomic E-state index is -1.56. The molecule has 0 radical (unpaired) electrons. The topological polar surface area (TPSA) is 283 Å². The molecular weight excluding hydrogens is 945 g/mol. The summed E-state index contributed by atoms with van der Waals surface area (Å²) in [6.07, 6.45) is -1.23. The van der Waals surface area contributed by atoms with Crippen molar-refractivity contribution >= 4 is 47.0 Å². The number of esters is 2. The molecule has 0 aromatic heterocycles. The summed E-state index contributed by atoms with van der Waals surface area (Å²) in [6, 6.07) is 26.1. The Balaban J connectivity index is 0.00000161. The zero-order valence-corrected chi connectivity index (χ0v) is 43.0. The third-order valence-electron chi connectivity index (χ3n) is 11.3. The number of aliphatic carboxylic acids is 2. The van der Waals surface area contributed by atoms with Crippen molar-refractivity contribution in [1.29, 1.82) is 0 Å². The number of hydrogen-bond donors (Lipinski definition) is 6. The molecule has 0 saturated heterocycles. The molecule has 0 heterocycles. The van der Waals surface area contributed by atoms with Gasteiger partial charge in [-0.3, -0.25) is 48.2 Å². The number of rotatable bonds is 25. The molecule has 0 unspecified atom stereocenters. The number of carbonyl (C=O) groups excluding carboxylic acids is 6. The van der Waals surface area contributed by atoms with Crippen molar-refractivity contribution in [3.05, 3.63) is 142 Å². The maximum Gasteiger partial charge on any atom is 0.317 e. The first kappa shape index (κ1) is 60.5. The van der Waals surface area contributed by atoms with Crippen molar-refractivity contribution in [1.82, 2.24) is 9.80 Å². The van der Waals surface area contributed by atoms with E-state index in [1.165, 1.54) is 55.4 Å². The van der Waals surface area contributed by atoms with Crippen LogP contribution >= 0.6 is 0 Å². The number of likely N-dealkylation sites (N-methyl/N-ethyl adjacent to an activating group) is 2. The lowest BCUT2D eigenvalue weighted by Gasteiger charge is -2.29. The van der Waals surface area contributed by atoms with Gasteiger partial charge in [0.2, 0.25) is 0 Å². The first-order chi connectivity index (χ1) is 33.7. The summed E-state index contributed by atoms with van der Waals surface area (Å²) < 4.78 is 10.9. The molecule has 0 aliphatic carbocycles. The normalized spacial score (nSPS) is 12.0. The maximum atomic E-state index is 12.8. The Hall–Kier alpha value is -6.80. The molecule has 18 nitrogen and oxygen atoms in total. The number of aliphatic hydroxyl groups is 4. The molecule has 0 fully saturated rings. The summed E-state index contributed by atoms with van der Waals surface area (Å²) in [5.74, 6) is -5.52. The SMILES string of the molecule is CN(CCOC(=O)CC(=O)OCCN(C)C(c1ccc(C(=O)C(C)(C)O)cc1)c1ccc(C(=O)C(C)(C)O)cc1)C(c1ccc(C(=O)C(C)(C)O)cc1)c1ccc(C(=O)C(C)(C)O)cc1.O=C(O)CCC(=O)O. The van der Waals surface area contributed by atoms with Crippen LogP contribution < -0.4 is 0 Å². The predicted molar refractivity (Wildman–Crippen MR) is 268 cm³/mol. The van der Waals surface area contributed by atoms with Crippen LogP contribution in [0.15, 0.2) is 97.1 Å². The Morgan fingerprint density at radius 3 is 0.795 bits per heavy atom. The number of ether oxygens (including phenoxy) is 2. The lowest BCUT2D eigenvalue weighted by atomic mass is 9.91. The van der Waals surface area contributed by atoms with E-state index in [1.807, 2.05) is 9.80 Å². The van der Waals surface area contributed by atoms with E-state index in [1.54, 1.807) is 111 Å². The van der Waals surface area contributed by atoms with Gasteiger partial charge in [0.15, 0.2) is 23.1 Å². The van der Waals surface area contributed by atoms with Crippen molar-refractivity contribution < 1.29 is 78.5 Å². The molecule has 0 atom stereocenters. The number of Topliss-reactive ketones (excluding diaryl/α,β-unsaturated/α-hetero) is 4. The molecule has 4 rings (SSSR count). The molecule has 0 aliphatic heterocycles. The van der Waals surface area contributed by atoms with Crippen LogP contribution in [0.3, 0.4) is 0 Å². The highest BCUT2D eigenvalue weighted by molar-refractivity contribution is 6.03. The third-order valence-corrected chi connectivity index (χ3v) is 11.3. The highest BCUT2D eigenvalue weighted by atomic mass is 16.6. The average molecular weight is 1010 g/mol. The van der Waals surface area contributed by atoms with Gasteiger partial charge in [-0.2, -0.15) is 0 Å². The van der Waals surface area contributed by atoms with Gasteiger partial charge in [-0.15, -0.1) is 0 Å². The molecule has 4 aromatic rings. The van der Waals surface area contributed by atoms with E-state index in [-0.39, 0.29) is 39.1 Å². The zero-order valence-electron chi connectivity index (χ0n) is 43.0. The second kappa shape index (κ2) is 25.7. The second-order valence-electron chi connectivity index (χ2n) is 19.7. The number of carboxylic acid groups (broad SMARTS) is 2. The summed E-state index contributed by atoms with van der Waals surface area (Å²) in [6.45, 7) is 11.6. The van der Waals surface area contributed by atoms with Crippen LogP contribution in [-0.4, -0.2) is 150 Å². The standard InChI is InChI=1S/C51H62N2O12.C4H6O4/c1-48(2,60)44(56)36-19-11-32(12-20-36)42(33-13-21-37(22-14-33)45(57)49(3,4)61)52(9)27-29-64-40(54)31-41(55)65-30-28-53(10)43(34-15-23-38(24-16-34)46(58)50(5,6)62)35-17-25-39(26-18-35)47(59)51(7,8)63;5-3(6)1-2-4(7)8/h11-26,42-43,60-63H,27-31H2,1-10H3;1-2H2,(H,5,6)(H,7,8). The molecule has 0 spiro atoms. The van der Waals surface area contributed by atoms with Crippen LogP contribution in [0.5, 0.6) is 0 Å². The fraction of sp³-hybridized carbons (Fsp3) is 0.418. The number of carboxylic acids is 2. The molecular formula is C55H68N2O16. The maximum absolute atomic E-state index is 12.8. The third kappa shape index (κ3) is 18.6. The van der Waals surface area contributed by atoms with Gasteiger partial charge in [0, 0.05) is 35.3 Å². The number of nitrogens with zero attached hydrogens (tertiary/aromatic N) is 2. The van der Waals surface area contributed by atoms with E-state index >= 15 is 0 Å². The average Bonchev–Trinajstić information content (AvgIpc) is 3.30. The van der Waals surface area contributed by atoms with Gasteiger partial charge in [0.05, 0.1) is 24.9 Å². The molecule has 394 valence electrons.